The summed E-state index contributed by atoms with van der Waals surface area (Å²) in [4.78, 5) is 25.3. The summed E-state index contributed by atoms with van der Waals surface area (Å²) in [6.45, 7) is 1.82. The first-order valence-corrected chi connectivity index (χ1v) is 4.89. The maximum absolute atomic E-state index is 11.1. The summed E-state index contributed by atoms with van der Waals surface area (Å²) in [5.41, 5.74) is 0.837. The highest BCUT2D eigenvalue weighted by atomic mass is 32.1. The highest BCUT2D eigenvalue weighted by molar-refractivity contribution is 7.13. The number of carbonyl (C=O) groups excluding carboxylic acids is 1. The van der Waals surface area contributed by atoms with Crippen molar-refractivity contribution in [3.8, 4) is 0 Å². The maximum Gasteiger partial charge on any atom is 0.303 e. The molecule has 0 bridgehead atoms. The van der Waals surface area contributed by atoms with Gasteiger partial charge in [0.2, 0.25) is 5.91 Å². The van der Waals surface area contributed by atoms with E-state index in [0.29, 0.717) is 5.13 Å². The lowest BCUT2D eigenvalue weighted by Crippen LogP contribution is -2.12. The molecule has 76 valence electrons. The summed E-state index contributed by atoms with van der Waals surface area (Å²) in [7, 11) is 0. The van der Waals surface area contributed by atoms with Gasteiger partial charge in [0, 0.05) is 11.8 Å². The number of hydrogen-bond acceptors (Lipinski definition) is 4. The third-order valence-electron chi connectivity index (χ3n) is 1.43. The molecular weight excluding hydrogens is 204 g/mol. The first kappa shape index (κ1) is 10.6. The number of carbonyl (C=O) groups is 2. The van der Waals surface area contributed by atoms with E-state index in [9.17, 15) is 9.59 Å². The van der Waals surface area contributed by atoms with Gasteiger partial charge in [-0.15, -0.1) is 11.3 Å². The normalized spacial score (nSPS) is 9.79. The van der Waals surface area contributed by atoms with Crippen molar-refractivity contribution in [2.45, 2.75) is 19.8 Å². The van der Waals surface area contributed by atoms with Crippen molar-refractivity contribution >= 4 is 28.3 Å². The molecule has 0 atom stereocenters. The first-order valence-electron chi connectivity index (χ1n) is 4.01. The molecule has 1 rings (SSSR count). The SMILES string of the molecule is Cc1csc(NC(=O)CCC(=O)O)n1. The summed E-state index contributed by atoms with van der Waals surface area (Å²) >= 11 is 1.32. The Morgan fingerprint density at radius 3 is 2.79 bits per heavy atom. The van der Waals surface area contributed by atoms with Gasteiger partial charge in [0.1, 0.15) is 0 Å². The molecule has 0 spiro atoms. The Bertz CT molecular complexity index is 348. The van der Waals surface area contributed by atoms with Gasteiger partial charge in [-0.1, -0.05) is 0 Å². The minimum Gasteiger partial charge on any atom is -0.481 e. The van der Waals surface area contributed by atoms with Gasteiger partial charge in [-0.05, 0) is 6.92 Å². The number of nitrogens with one attached hydrogen (secondary N) is 1. The van der Waals surface area contributed by atoms with Crippen LogP contribution >= 0.6 is 11.3 Å². The standard InChI is InChI=1S/C8H10N2O3S/c1-5-4-14-8(9-5)10-6(11)2-3-7(12)13/h4H,2-3H2,1H3,(H,12,13)(H,9,10,11). The van der Waals surface area contributed by atoms with Crippen LogP contribution in [0.3, 0.4) is 0 Å². The van der Waals surface area contributed by atoms with Gasteiger partial charge in [0.25, 0.3) is 0 Å². The number of hydrogen-bond donors (Lipinski definition) is 2. The lowest BCUT2D eigenvalue weighted by atomic mass is 10.3. The van der Waals surface area contributed by atoms with E-state index in [4.69, 9.17) is 5.11 Å². The van der Waals surface area contributed by atoms with Crippen molar-refractivity contribution in [1.82, 2.24) is 4.98 Å². The predicted molar refractivity (Wildman–Crippen MR) is 52.4 cm³/mol. The Labute approximate surface area is 84.8 Å². The summed E-state index contributed by atoms with van der Waals surface area (Å²) in [6, 6.07) is 0. The number of rotatable bonds is 4. The van der Waals surface area contributed by atoms with Crippen molar-refractivity contribution < 1.29 is 14.7 Å². The summed E-state index contributed by atoms with van der Waals surface area (Å²) in [6.07, 6.45) is -0.176. The molecule has 1 aromatic heterocycles. The Morgan fingerprint density at radius 2 is 2.29 bits per heavy atom. The molecule has 6 heteroatoms. The molecule has 2 N–H and O–H groups in total. The van der Waals surface area contributed by atoms with E-state index in [1.807, 2.05) is 12.3 Å². The zero-order valence-corrected chi connectivity index (χ0v) is 8.43. The second-order valence-electron chi connectivity index (χ2n) is 2.74. The van der Waals surface area contributed by atoms with Crippen molar-refractivity contribution in [3.05, 3.63) is 11.1 Å². The van der Waals surface area contributed by atoms with Crippen molar-refractivity contribution in [3.63, 3.8) is 0 Å². The zero-order chi connectivity index (χ0) is 10.6. The molecular formula is C8H10N2O3S. The Hall–Kier alpha value is -1.43. The van der Waals surface area contributed by atoms with Gasteiger partial charge in [-0.2, -0.15) is 0 Å². The number of thiazole rings is 1. The van der Waals surface area contributed by atoms with E-state index in [-0.39, 0.29) is 18.7 Å². The lowest BCUT2D eigenvalue weighted by molar-refractivity contribution is -0.138. The number of nitrogens with zero attached hydrogens (tertiary/aromatic N) is 1. The van der Waals surface area contributed by atoms with E-state index in [0.717, 1.165) is 5.69 Å². The molecule has 1 amide bonds. The molecule has 0 aliphatic heterocycles. The number of amides is 1. The summed E-state index contributed by atoms with van der Waals surface area (Å²) in [5, 5.41) is 13.2. The summed E-state index contributed by atoms with van der Waals surface area (Å²) in [5.74, 6) is -1.29. The molecule has 0 fully saturated rings. The molecule has 1 aromatic rings. The third-order valence-corrected chi connectivity index (χ3v) is 2.31. The van der Waals surface area contributed by atoms with Crippen LogP contribution < -0.4 is 5.32 Å². The average molecular weight is 214 g/mol. The minimum absolute atomic E-state index is 0.0199. The van der Waals surface area contributed by atoms with Crippen LogP contribution in [0.15, 0.2) is 5.38 Å². The van der Waals surface area contributed by atoms with Crippen LogP contribution in [-0.4, -0.2) is 22.0 Å². The molecule has 0 radical (unpaired) electrons. The quantitative estimate of drug-likeness (QED) is 0.790. The van der Waals surface area contributed by atoms with Gasteiger partial charge in [0.05, 0.1) is 12.1 Å². The Balaban J connectivity index is 2.37. The molecule has 0 saturated heterocycles. The third kappa shape index (κ3) is 3.53. The predicted octanol–water partition coefficient (Wildman–Crippen LogP) is 1.25. The van der Waals surface area contributed by atoms with E-state index in [2.05, 4.69) is 10.3 Å². The fourth-order valence-electron chi connectivity index (χ4n) is 0.814. The Morgan fingerprint density at radius 1 is 1.57 bits per heavy atom. The first-order chi connectivity index (χ1) is 6.58. The van der Waals surface area contributed by atoms with Gasteiger partial charge in [-0.3, -0.25) is 9.59 Å². The average Bonchev–Trinajstić information content (AvgIpc) is 2.48. The van der Waals surface area contributed by atoms with Crippen LogP contribution in [0.2, 0.25) is 0 Å². The van der Waals surface area contributed by atoms with Crippen LogP contribution in [0.4, 0.5) is 5.13 Å². The molecule has 0 unspecified atom stereocenters. The molecule has 0 aliphatic rings. The molecule has 0 aliphatic carbocycles. The van der Waals surface area contributed by atoms with E-state index in [1.165, 1.54) is 11.3 Å². The molecule has 5 nitrogen and oxygen atoms in total. The molecule has 0 aromatic carbocycles. The van der Waals surface area contributed by atoms with Crippen molar-refractivity contribution in [2.75, 3.05) is 5.32 Å². The van der Waals surface area contributed by atoms with Crippen LogP contribution in [0.5, 0.6) is 0 Å². The number of aromatic nitrogens is 1. The largest absolute Gasteiger partial charge is 0.481 e. The van der Waals surface area contributed by atoms with Crippen LogP contribution in [0.25, 0.3) is 0 Å². The van der Waals surface area contributed by atoms with Crippen LogP contribution in [-0.2, 0) is 9.59 Å². The van der Waals surface area contributed by atoms with Crippen molar-refractivity contribution in [2.24, 2.45) is 0 Å². The molecule has 1 heterocycles. The number of aliphatic carboxylic acids is 1. The topological polar surface area (TPSA) is 79.3 Å². The highest BCUT2D eigenvalue weighted by Crippen LogP contribution is 2.14. The fraction of sp³-hybridized carbons (Fsp3) is 0.375. The van der Waals surface area contributed by atoms with Crippen molar-refractivity contribution in [1.29, 1.82) is 0 Å². The number of aryl methyl sites for hydroxylation is 1. The number of anilines is 1. The summed E-state index contributed by atoms with van der Waals surface area (Å²) < 4.78 is 0. The van der Waals surface area contributed by atoms with Crippen LogP contribution in [0, 0.1) is 6.92 Å². The smallest absolute Gasteiger partial charge is 0.303 e. The second kappa shape index (κ2) is 4.71. The van der Waals surface area contributed by atoms with Gasteiger partial charge < -0.3 is 10.4 Å². The lowest BCUT2D eigenvalue weighted by Gasteiger charge is -1.98. The van der Waals surface area contributed by atoms with E-state index >= 15 is 0 Å². The Kier molecular flexibility index (Phi) is 3.58. The maximum atomic E-state index is 11.1. The van der Waals surface area contributed by atoms with Gasteiger partial charge in [0.15, 0.2) is 5.13 Å². The monoisotopic (exact) mass is 214 g/mol. The number of carboxylic acids is 1. The van der Waals surface area contributed by atoms with E-state index in [1.54, 1.807) is 0 Å². The van der Waals surface area contributed by atoms with Crippen LogP contribution in [0.1, 0.15) is 18.5 Å². The molecule has 14 heavy (non-hydrogen) atoms. The second-order valence-corrected chi connectivity index (χ2v) is 3.59. The highest BCUT2D eigenvalue weighted by Gasteiger charge is 2.07. The van der Waals surface area contributed by atoms with Gasteiger partial charge >= 0.3 is 5.97 Å². The molecule has 0 saturated carbocycles. The number of carboxylic acid groups (broad SMARTS) is 1. The van der Waals surface area contributed by atoms with Gasteiger partial charge in [-0.25, -0.2) is 4.98 Å². The fourth-order valence-corrected chi connectivity index (χ4v) is 1.52. The zero-order valence-electron chi connectivity index (χ0n) is 7.61. The van der Waals surface area contributed by atoms with E-state index < -0.39 is 5.97 Å². The minimum atomic E-state index is -0.976.